The molecule has 1 N–H and O–H groups in total. The van der Waals surface area contributed by atoms with E-state index in [0.717, 1.165) is 61.8 Å². The van der Waals surface area contributed by atoms with Crippen molar-refractivity contribution in [3.05, 3.63) is 71.7 Å². The minimum absolute atomic E-state index is 0.511. The Morgan fingerprint density at radius 2 is 1.74 bits per heavy atom. The first-order chi connectivity index (χ1) is 16.5. The molecule has 0 saturated carbocycles. The lowest BCUT2D eigenvalue weighted by atomic mass is 9.96. The van der Waals surface area contributed by atoms with Crippen LogP contribution in [0.25, 0.3) is 28.2 Å². The van der Waals surface area contributed by atoms with Gasteiger partial charge in [0, 0.05) is 34.7 Å². The fraction of sp³-hybridized carbons (Fsp3) is 0.222. The Labute approximate surface area is 199 Å². The number of aromatic nitrogens is 3. The summed E-state index contributed by atoms with van der Waals surface area (Å²) in [5, 5.41) is 4.30. The summed E-state index contributed by atoms with van der Waals surface area (Å²) < 4.78 is 16.4. The largest absolute Gasteiger partial charge is 0.497 e. The first-order valence-electron chi connectivity index (χ1n) is 10.9. The van der Waals surface area contributed by atoms with Gasteiger partial charge in [-0.15, -0.1) is 0 Å². The highest BCUT2D eigenvalue weighted by molar-refractivity contribution is 5.99. The number of ether oxygens (including phenoxy) is 3. The molecule has 0 radical (unpaired) electrons. The Balaban J connectivity index is 1.83. The van der Waals surface area contributed by atoms with Crippen LogP contribution >= 0.6 is 0 Å². The second kappa shape index (κ2) is 9.79. The summed E-state index contributed by atoms with van der Waals surface area (Å²) >= 11 is 0. The monoisotopic (exact) mass is 456 g/mol. The average Bonchev–Trinajstić information content (AvgIpc) is 2.87. The second-order valence-electron chi connectivity index (χ2n) is 7.83. The molecule has 4 rings (SSSR count). The zero-order valence-electron chi connectivity index (χ0n) is 20.1. The van der Waals surface area contributed by atoms with Crippen molar-refractivity contribution >= 4 is 22.8 Å². The van der Waals surface area contributed by atoms with Gasteiger partial charge in [-0.25, -0.2) is 15.0 Å². The highest BCUT2D eigenvalue weighted by atomic mass is 16.5. The van der Waals surface area contributed by atoms with Crippen molar-refractivity contribution < 1.29 is 14.2 Å². The molecular weight excluding hydrogens is 428 g/mol. The van der Waals surface area contributed by atoms with E-state index >= 15 is 0 Å². The smallest absolute Gasteiger partial charge is 0.137 e. The number of nitrogens with one attached hydrogen (secondary N) is 1. The van der Waals surface area contributed by atoms with Crippen molar-refractivity contribution in [1.29, 1.82) is 0 Å². The van der Waals surface area contributed by atoms with E-state index in [0.29, 0.717) is 12.4 Å². The van der Waals surface area contributed by atoms with Crippen molar-refractivity contribution in [1.82, 2.24) is 15.0 Å². The first kappa shape index (κ1) is 23.0. The van der Waals surface area contributed by atoms with Crippen LogP contribution in [0.15, 0.2) is 49.3 Å². The molecule has 4 aromatic rings. The van der Waals surface area contributed by atoms with E-state index in [1.807, 2.05) is 43.3 Å². The van der Waals surface area contributed by atoms with E-state index in [1.54, 1.807) is 33.7 Å². The lowest BCUT2D eigenvalue weighted by Crippen LogP contribution is -2.06. The van der Waals surface area contributed by atoms with E-state index in [9.17, 15) is 0 Å². The van der Waals surface area contributed by atoms with Crippen molar-refractivity contribution in [3.63, 3.8) is 0 Å². The Bertz CT molecular complexity index is 1370. The molecule has 0 amide bonds. The number of hydrogen-bond donors (Lipinski definition) is 1. The molecule has 0 aliphatic rings. The SMILES string of the molecule is C=Cc1cc2c(NCc3ccc(OC)cc3OC)ncnc2c(-c2c(C)ccc(OC)c2C)n1. The zero-order valence-corrected chi connectivity index (χ0v) is 20.1. The van der Waals surface area contributed by atoms with Crippen LogP contribution in [0.2, 0.25) is 0 Å². The molecule has 7 heteroatoms. The Morgan fingerprint density at radius 3 is 2.44 bits per heavy atom. The van der Waals surface area contributed by atoms with Crippen LogP contribution in [0.1, 0.15) is 22.4 Å². The lowest BCUT2D eigenvalue weighted by Gasteiger charge is -2.17. The standard InChI is InChI=1S/C27H28N4O3/c1-7-19-12-21-25(26(31-19)24-16(2)8-11-22(33-5)17(24)3)29-15-30-27(21)28-14-18-9-10-20(32-4)13-23(18)34-6/h7-13,15H,1,14H2,2-6H3,(H,28,29,30). The van der Waals surface area contributed by atoms with Gasteiger partial charge < -0.3 is 19.5 Å². The number of methoxy groups -OCH3 is 3. The molecular formula is C27H28N4O3. The summed E-state index contributed by atoms with van der Waals surface area (Å²) in [4.78, 5) is 14.0. The number of hydrogen-bond acceptors (Lipinski definition) is 7. The molecule has 0 aliphatic carbocycles. The molecule has 174 valence electrons. The van der Waals surface area contributed by atoms with Crippen LogP contribution in [-0.4, -0.2) is 36.3 Å². The molecule has 0 spiro atoms. The summed E-state index contributed by atoms with van der Waals surface area (Å²) in [5.41, 5.74) is 6.34. The second-order valence-corrected chi connectivity index (χ2v) is 7.83. The van der Waals surface area contributed by atoms with E-state index in [2.05, 4.69) is 28.8 Å². The maximum Gasteiger partial charge on any atom is 0.137 e. The summed E-state index contributed by atoms with van der Waals surface area (Å²) in [6, 6.07) is 11.7. The molecule has 34 heavy (non-hydrogen) atoms. The first-order valence-corrected chi connectivity index (χ1v) is 10.9. The van der Waals surface area contributed by atoms with Crippen LogP contribution in [0.4, 0.5) is 5.82 Å². The Hall–Kier alpha value is -4.13. The summed E-state index contributed by atoms with van der Waals surface area (Å²) in [6.45, 7) is 8.54. The number of aryl methyl sites for hydroxylation is 1. The Kier molecular flexibility index (Phi) is 6.63. The topological polar surface area (TPSA) is 78.4 Å². The normalized spacial score (nSPS) is 10.7. The van der Waals surface area contributed by atoms with Gasteiger partial charge in [0.25, 0.3) is 0 Å². The molecule has 0 unspecified atom stereocenters. The minimum Gasteiger partial charge on any atom is -0.497 e. The van der Waals surface area contributed by atoms with Crippen molar-refractivity contribution in [2.75, 3.05) is 26.6 Å². The number of anilines is 1. The number of pyridine rings is 1. The van der Waals surface area contributed by atoms with Gasteiger partial charge in [-0.05, 0) is 49.8 Å². The summed E-state index contributed by atoms with van der Waals surface area (Å²) in [5.74, 6) is 2.98. The predicted molar refractivity (Wildman–Crippen MR) is 136 cm³/mol. The quantitative estimate of drug-likeness (QED) is 0.370. The van der Waals surface area contributed by atoms with Crippen LogP contribution in [0.3, 0.4) is 0 Å². The van der Waals surface area contributed by atoms with Crippen LogP contribution in [-0.2, 0) is 6.54 Å². The third-order valence-electron chi connectivity index (χ3n) is 5.87. The van der Waals surface area contributed by atoms with Gasteiger partial charge in [-0.2, -0.15) is 0 Å². The van der Waals surface area contributed by atoms with Crippen LogP contribution in [0, 0.1) is 13.8 Å². The predicted octanol–water partition coefficient (Wildman–Crippen LogP) is 5.59. The van der Waals surface area contributed by atoms with Crippen LogP contribution in [0.5, 0.6) is 17.2 Å². The summed E-state index contributed by atoms with van der Waals surface area (Å²) in [7, 11) is 4.95. The highest BCUT2D eigenvalue weighted by Crippen LogP contribution is 2.37. The van der Waals surface area contributed by atoms with E-state index in [-0.39, 0.29) is 0 Å². The van der Waals surface area contributed by atoms with Crippen molar-refractivity contribution in [3.8, 4) is 28.5 Å². The minimum atomic E-state index is 0.511. The summed E-state index contributed by atoms with van der Waals surface area (Å²) in [6.07, 6.45) is 3.29. The third-order valence-corrected chi connectivity index (χ3v) is 5.87. The van der Waals surface area contributed by atoms with Gasteiger partial charge in [-0.1, -0.05) is 12.6 Å². The van der Waals surface area contributed by atoms with Crippen LogP contribution < -0.4 is 19.5 Å². The molecule has 0 saturated heterocycles. The molecule has 2 aromatic heterocycles. The number of benzene rings is 2. The number of rotatable bonds is 8. The van der Waals surface area contributed by atoms with Gasteiger partial charge in [0.15, 0.2) is 0 Å². The van der Waals surface area contributed by atoms with Gasteiger partial charge in [0.2, 0.25) is 0 Å². The lowest BCUT2D eigenvalue weighted by molar-refractivity contribution is 0.391. The zero-order chi connectivity index (χ0) is 24.2. The van der Waals surface area contributed by atoms with Crippen molar-refractivity contribution in [2.24, 2.45) is 0 Å². The molecule has 2 heterocycles. The van der Waals surface area contributed by atoms with Gasteiger partial charge in [0.05, 0.1) is 32.7 Å². The molecule has 7 nitrogen and oxygen atoms in total. The molecule has 0 fully saturated rings. The maximum absolute atomic E-state index is 5.57. The van der Waals surface area contributed by atoms with E-state index < -0.39 is 0 Å². The fourth-order valence-corrected chi connectivity index (χ4v) is 4.09. The maximum atomic E-state index is 5.57. The Morgan fingerprint density at radius 1 is 0.941 bits per heavy atom. The molecule has 0 aliphatic heterocycles. The van der Waals surface area contributed by atoms with Gasteiger partial charge in [-0.3, -0.25) is 0 Å². The van der Waals surface area contributed by atoms with Gasteiger partial charge >= 0.3 is 0 Å². The van der Waals surface area contributed by atoms with E-state index in [1.165, 1.54) is 0 Å². The average molecular weight is 457 g/mol. The highest BCUT2D eigenvalue weighted by Gasteiger charge is 2.18. The molecule has 0 atom stereocenters. The number of fused-ring (bicyclic) bond motifs is 1. The third kappa shape index (κ3) is 4.24. The van der Waals surface area contributed by atoms with E-state index in [4.69, 9.17) is 19.2 Å². The van der Waals surface area contributed by atoms with Crippen molar-refractivity contribution in [2.45, 2.75) is 20.4 Å². The van der Waals surface area contributed by atoms with Gasteiger partial charge in [0.1, 0.15) is 34.9 Å². The number of nitrogens with zero attached hydrogens (tertiary/aromatic N) is 3. The fourth-order valence-electron chi connectivity index (χ4n) is 4.09. The molecule has 0 bridgehead atoms. The molecule has 2 aromatic carbocycles.